The van der Waals surface area contributed by atoms with Crippen LogP contribution in [-0.2, 0) is 15.4 Å². The third-order valence-corrected chi connectivity index (χ3v) is 5.61. The van der Waals surface area contributed by atoms with Crippen LogP contribution in [0.5, 0.6) is 0 Å². The van der Waals surface area contributed by atoms with Crippen LogP contribution in [0.2, 0.25) is 0 Å². The third kappa shape index (κ3) is 5.46. The second-order valence-electron chi connectivity index (χ2n) is 7.29. The normalized spacial score (nSPS) is 23.0. The fraction of sp³-hybridized carbons (Fsp3) is 0.867. The van der Waals surface area contributed by atoms with E-state index in [9.17, 15) is 8.42 Å². The average molecular weight is 344 g/mol. The van der Waals surface area contributed by atoms with E-state index in [1.54, 1.807) is 6.92 Å². The van der Waals surface area contributed by atoms with Gasteiger partial charge in [-0.2, -0.15) is 4.98 Å². The number of nitrogens with one attached hydrogen (secondary N) is 2. The Labute approximate surface area is 138 Å². The van der Waals surface area contributed by atoms with Gasteiger partial charge in [0.2, 0.25) is 10.0 Å². The molecule has 0 atom stereocenters. The summed E-state index contributed by atoms with van der Waals surface area (Å²) in [6.07, 6.45) is 3.94. The van der Waals surface area contributed by atoms with Crippen LogP contribution in [0.1, 0.15) is 59.2 Å². The van der Waals surface area contributed by atoms with E-state index in [1.165, 1.54) is 0 Å². The lowest BCUT2D eigenvalue weighted by molar-refractivity contribution is 0.329. The molecule has 8 heteroatoms. The summed E-state index contributed by atoms with van der Waals surface area (Å²) in [5, 5.41) is 7.31. The SMILES string of the molecule is CCS(=O)(=O)NCC1CCC(Nc2nc(C(C)(C)C)no2)CC1. The second-order valence-corrected chi connectivity index (χ2v) is 9.38. The minimum Gasteiger partial charge on any atom is -0.335 e. The number of nitrogens with zero attached hydrogens (tertiary/aromatic N) is 2. The van der Waals surface area contributed by atoms with Crippen molar-refractivity contribution in [2.45, 2.75) is 64.8 Å². The molecule has 23 heavy (non-hydrogen) atoms. The van der Waals surface area contributed by atoms with Crippen LogP contribution in [-0.4, -0.2) is 36.9 Å². The maximum absolute atomic E-state index is 11.5. The number of rotatable bonds is 6. The van der Waals surface area contributed by atoms with E-state index in [0.29, 0.717) is 30.3 Å². The molecule has 1 heterocycles. The lowest BCUT2D eigenvalue weighted by Crippen LogP contribution is -2.34. The molecule has 1 saturated carbocycles. The highest BCUT2D eigenvalue weighted by molar-refractivity contribution is 7.89. The van der Waals surface area contributed by atoms with Gasteiger partial charge in [0.1, 0.15) is 0 Å². The van der Waals surface area contributed by atoms with Crippen LogP contribution < -0.4 is 10.0 Å². The van der Waals surface area contributed by atoms with Gasteiger partial charge in [0.05, 0.1) is 5.75 Å². The first-order valence-electron chi connectivity index (χ1n) is 8.27. The molecule has 132 valence electrons. The molecule has 0 spiro atoms. The summed E-state index contributed by atoms with van der Waals surface area (Å²) in [5.41, 5.74) is -0.127. The number of sulfonamides is 1. The first-order chi connectivity index (χ1) is 10.7. The van der Waals surface area contributed by atoms with Crippen LogP contribution >= 0.6 is 0 Å². The van der Waals surface area contributed by atoms with Gasteiger partial charge in [-0.1, -0.05) is 25.9 Å². The monoisotopic (exact) mass is 344 g/mol. The van der Waals surface area contributed by atoms with Gasteiger partial charge in [0, 0.05) is 18.0 Å². The van der Waals surface area contributed by atoms with Crippen LogP contribution in [0, 0.1) is 5.92 Å². The molecule has 0 aromatic carbocycles. The topological polar surface area (TPSA) is 97.1 Å². The van der Waals surface area contributed by atoms with Crippen LogP contribution in [0.15, 0.2) is 4.52 Å². The molecule has 1 aromatic heterocycles. The van der Waals surface area contributed by atoms with E-state index in [0.717, 1.165) is 25.7 Å². The molecule has 0 amide bonds. The van der Waals surface area contributed by atoms with Gasteiger partial charge < -0.3 is 9.84 Å². The van der Waals surface area contributed by atoms with E-state index in [4.69, 9.17) is 4.52 Å². The molecule has 7 nitrogen and oxygen atoms in total. The Morgan fingerprint density at radius 2 is 1.87 bits per heavy atom. The number of anilines is 1. The molecule has 1 aliphatic rings. The van der Waals surface area contributed by atoms with Crippen molar-refractivity contribution in [2.24, 2.45) is 5.92 Å². The summed E-state index contributed by atoms with van der Waals surface area (Å²) >= 11 is 0. The zero-order chi connectivity index (χ0) is 17.1. The third-order valence-electron chi connectivity index (χ3n) is 4.24. The fourth-order valence-electron chi connectivity index (χ4n) is 2.62. The second kappa shape index (κ2) is 7.17. The highest BCUT2D eigenvalue weighted by atomic mass is 32.2. The first-order valence-corrected chi connectivity index (χ1v) is 9.93. The summed E-state index contributed by atoms with van der Waals surface area (Å²) in [5.74, 6) is 1.24. The van der Waals surface area contributed by atoms with E-state index in [-0.39, 0.29) is 11.2 Å². The van der Waals surface area contributed by atoms with Gasteiger partial charge in [-0.25, -0.2) is 13.1 Å². The Balaban J connectivity index is 1.78. The minimum absolute atomic E-state index is 0.127. The molecule has 0 bridgehead atoms. The van der Waals surface area contributed by atoms with Gasteiger partial charge in [0.25, 0.3) is 0 Å². The number of hydrogen-bond acceptors (Lipinski definition) is 6. The Kier molecular flexibility index (Phi) is 5.67. The smallest absolute Gasteiger partial charge is 0.321 e. The molecule has 2 rings (SSSR count). The van der Waals surface area contributed by atoms with E-state index in [1.807, 2.05) is 20.8 Å². The maximum atomic E-state index is 11.5. The molecule has 1 aliphatic carbocycles. The first kappa shape index (κ1) is 18.2. The van der Waals surface area contributed by atoms with Crippen LogP contribution in [0.4, 0.5) is 6.01 Å². The predicted octanol–water partition coefficient (Wildman–Crippen LogP) is 2.28. The highest BCUT2D eigenvalue weighted by Gasteiger charge is 2.25. The summed E-state index contributed by atoms with van der Waals surface area (Å²) in [6, 6.07) is 0.785. The van der Waals surface area contributed by atoms with Crippen LogP contribution in [0.25, 0.3) is 0 Å². The van der Waals surface area contributed by atoms with E-state index < -0.39 is 10.0 Å². The lowest BCUT2D eigenvalue weighted by Gasteiger charge is -2.28. The molecule has 1 fully saturated rings. The standard InChI is InChI=1S/C15H28N4O3S/c1-5-23(20,21)16-10-11-6-8-12(9-7-11)17-14-18-13(19-22-14)15(2,3)4/h11-12,16H,5-10H2,1-4H3,(H,17,18,19). The molecular weight excluding hydrogens is 316 g/mol. The van der Waals surface area contributed by atoms with Crippen molar-refractivity contribution in [1.82, 2.24) is 14.9 Å². The summed E-state index contributed by atoms with van der Waals surface area (Å²) < 4.78 is 30.9. The molecule has 1 aromatic rings. The minimum atomic E-state index is -3.09. The van der Waals surface area contributed by atoms with Crippen molar-refractivity contribution in [3.05, 3.63) is 5.82 Å². The van der Waals surface area contributed by atoms with Crippen molar-refractivity contribution >= 4 is 16.0 Å². The molecule has 2 N–H and O–H groups in total. The van der Waals surface area contributed by atoms with Crippen molar-refractivity contribution in [2.75, 3.05) is 17.6 Å². The van der Waals surface area contributed by atoms with Crippen molar-refractivity contribution < 1.29 is 12.9 Å². The van der Waals surface area contributed by atoms with Gasteiger partial charge >= 0.3 is 6.01 Å². The van der Waals surface area contributed by atoms with Gasteiger partial charge in [-0.3, -0.25) is 0 Å². The zero-order valence-corrected chi connectivity index (χ0v) is 15.2. The highest BCUT2D eigenvalue weighted by Crippen LogP contribution is 2.27. The quantitative estimate of drug-likeness (QED) is 0.822. The summed E-state index contributed by atoms with van der Waals surface area (Å²) in [4.78, 5) is 4.39. The molecule has 0 unspecified atom stereocenters. The average Bonchev–Trinajstić information content (AvgIpc) is 2.95. The fourth-order valence-corrected chi connectivity index (χ4v) is 3.31. The summed E-state index contributed by atoms with van der Waals surface area (Å²) in [7, 11) is -3.09. The van der Waals surface area contributed by atoms with Crippen molar-refractivity contribution in [3.63, 3.8) is 0 Å². The Hall–Kier alpha value is -1.15. The van der Waals surface area contributed by atoms with Gasteiger partial charge in [-0.15, -0.1) is 0 Å². The molecule has 0 aliphatic heterocycles. The Bertz CT molecular complexity index is 598. The van der Waals surface area contributed by atoms with Gasteiger partial charge in [0.15, 0.2) is 5.82 Å². The van der Waals surface area contributed by atoms with Crippen molar-refractivity contribution in [1.29, 1.82) is 0 Å². The lowest BCUT2D eigenvalue weighted by atomic mass is 9.86. The largest absolute Gasteiger partial charge is 0.335 e. The van der Waals surface area contributed by atoms with E-state index in [2.05, 4.69) is 20.2 Å². The van der Waals surface area contributed by atoms with Gasteiger partial charge in [-0.05, 0) is 38.5 Å². The Morgan fingerprint density at radius 1 is 1.22 bits per heavy atom. The molecular formula is C15H28N4O3S. The summed E-state index contributed by atoms with van der Waals surface area (Å²) in [6.45, 7) is 8.33. The Morgan fingerprint density at radius 3 is 2.39 bits per heavy atom. The number of hydrogen-bond donors (Lipinski definition) is 2. The van der Waals surface area contributed by atoms with Crippen LogP contribution in [0.3, 0.4) is 0 Å². The molecule has 0 saturated heterocycles. The molecule has 0 radical (unpaired) electrons. The van der Waals surface area contributed by atoms with E-state index >= 15 is 0 Å². The number of aromatic nitrogens is 2. The maximum Gasteiger partial charge on any atom is 0.321 e. The van der Waals surface area contributed by atoms with Crippen molar-refractivity contribution in [3.8, 4) is 0 Å². The predicted molar refractivity (Wildman–Crippen MR) is 89.8 cm³/mol. The zero-order valence-electron chi connectivity index (χ0n) is 14.4.